The highest BCUT2D eigenvalue weighted by molar-refractivity contribution is 5.79. The van der Waals surface area contributed by atoms with Crippen LogP contribution in [0.5, 0.6) is 0 Å². The number of nitrogens with zero attached hydrogens (tertiary/aromatic N) is 2. The zero-order valence-corrected chi connectivity index (χ0v) is 10.8. The molecule has 0 spiro atoms. The number of H-pyrrole nitrogens is 2. The van der Waals surface area contributed by atoms with Crippen molar-refractivity contribution in [2.45, 2.75) is 33.7 Å². The minimum Gasteiger partial charge on any atom is -0.352 e. The predicted octanol–water partition coefficient (Wildman–Crippen LogP) is 0.917. The second kappa shape index (κ2) is 5.03. The molecule has 2 aromatic rings. The maximum atomic E-state index is 11.8. The molecule has 0 radical (unpaired) electrons. The third-order valence-corrected chi connectivity index (χ3v) is 3.03. The van der Waals surface area contributed by atoms with Crippen molar-refractivity contribution in [3.63, 3.8) is 0 Å². The number of hydrogen-bond donors (Lipinski definition) is 3. The van der Waals surface area contributed by atoms with Crippen LogP contribution in [0.1, 0.15) is 28.2 Å². The molecule has 0 bridgehead atoms. The molecule has 2 aromatic heterocycles. The summed E-state index contributed by atoms with van der Waals surface area (Å²) in [6.07, 6.45) is 2.08. The van der Waals surface area contributed by atoms with Gasteiger partial charge in [-0.3, -0.25) is 15.0 Å². The lowest BCUT2D eigenvalue weighted by Gasteiger charge is -2.04. The lowest BCUT2D eigenvalue weighted by molar-refractivity contribution is -0.120. The Morgan fingerprint density at radius 1 is 1.28 bits per heavy atom. The van der Waals surface area contributed by atoms with Crippen LogP contribution in [0, 0.1) is 20.8 Å². The second-order valence-corrected chi connectivity index (χ2v) is 4.39. The van der Waals surface area contributed by atoms with E-state index in [0.717, 1.165) is 28.2 Å². The summed E-state index contributed by atoms with van der Waals surface area (Å²) >= 11 is 0. The molecule has 0 unspecified atom stereocenters. The van der Waals surface area contributed by atoms with E-state index in [9.17, 15) is 4.79 Å². The minimum atomic E-state index is -0.0109. The van der Waals surface area contributed by atoms with Gasteiger partial charge in [-0.2, -0.15) is 10.2 Å². The summed E-state index contributed by atoms with van der Waals surface area (Å²) in [5.74, 6) is -0.0109. The van der Waals surface area contributed by atoms with Gasteiger partial charge in [0.25, 0.3) is 0 Å². The summed E-state index contributed by atoms with van der Waals surface area (Å²) in [5, 5.41) is 16.6. The first kappa shape index (κ1) is 12.3. The Morgan fingerprint density at radius 3 is 2.61 bits per heavy atom. The van der Waals surface area contributed by atoms with Gasteiger partial charge in [-0.25, -0.2) is 0 Å². The first-order valence-electron chi connectivity index (χ1n) is 5.84. The maximum Gasteiger partial charge on any atom is 0.224 e. The molecule has 2 heterocycles. The highest BCUT2D eigenvalue weighted by atomic mass is 16.1. The largest absolute Gasteiger partial charge is 0.352 e. The van der Waals surface area contributed by atoms with Crippen LogP contribution in [0.4, 0.5) is 0 Å². The van der Waals surface area contributed by atoms with Crippen LogP contribution in [0.25, 0.3) is 0 Å². The number of hydrogen-bond acceptors (Lipinski definition) is 3. The van der Waals surface area contributed by atoms with E-state index in [1.54, 1.807) is 6.20 Å². The lowest BCUT2D eigenvalue weighted by Crippen LogP contribution is -2.25. The smallest absolute Gasteiger partial charge is 0.224 e. The molecule has 0 saturated carbocycles. The molecule has 0 saturated heterocycles. The van der Waals surface area contributed by atoms with Crippen molar-refractivity contribution in [2.75, 3.05) is 0 Å². The number of rotatable bonds is 4. The van der Waals surface area contributed by atoms with Gasteiger partial charge in [0, 0.05) is 29.1 Å². The molecule has 0 aliphatic rings. The predicted molar refractivity (Wildman–Crippen MR) is 66.9 cm³/mol. The summed E-state index contributed by atoms with van der Waals surface area (Å²) in [6.45, 7) is 6.24. The molecule has 0 aliphatic carbocycles. The van der Waals surface area contributed by atoms with Crippen molar-refractivity contribution in [1.82, 2.24) is 25.7 Å². The zero-order valence-electron chi connectivity index (χ0n) is 10.8. The molecular formula is C12H17N5O. The molecule has 3 N–H and O–H groups in total. The van der Waals surface area contributed by atoms with E-state index in [2.05, 4.69) is 25.7 Å². The molecule has 6 heteroatoms. The fourth-order valence-electron chi connectivity index (χ4n) is 1.81. The average molecular weight is 247 g/mol. The molecule has 6 nitrogen and oxygen atoms in total. The van der Waals surface area contributed by atoms with Crippen molar-refractivity contribution >= 4 is 5.91 Å². The van der Waals surface area contributed by atoms with Crippen LogP contribution in [0.3, 0.4) is 0 Å². The Bertz CT molecular complexity index is 535. The van der Waals surface area contributed by atoms with Crippen LogP contribution < -0.4 is 5.32 Å². The fourth-order valence-corrected chi connectivity index (χ4v) is 1.81. The monoisotopic (exact) mass is 247 g/mol. The third-order valence-electron chi connectivity index (χ3n) is 3.03. The summed E-state index contributed by atoms with van der Waals surface area (Å²) in [7, 11) is 0. The zero-order chi connectivity index (χ0) is 13.1. The molecule has 0 aliphatic heterocycles. The van der Waals surface area contributed by atoms with Gasteiger partial charge in [0.1, 0.15) is 0 Å². The molecule has 18 heavy (non-hydrogen) atoms. The summed E-state index contributed by atoms with van der Waals surface area (Å²) in [4.78, 5) is 11.8. The fraction of sp³-hybridized carbons (Fsp3) is 0.417. The molecule has 0 fully saturated rings. The van der Waals surface area contributed by atoms with Gasteiger partial charge in [-0.1, -0.05) is 0 Å². The summed E-state index contributed by atoms with van der Waals surface area (Å²) in [5.41, 5.74) is 4.77. The van der Waals surface area contributed by atoms with Gasteiger partial charge in [0.15, 0.2) is 0 Å². The van der Waals surface area contributed by atoms with Gasteiger partial charge >= 0.3 is 0 Å². The number of nitrogens with one attached hydrogen (secondary N) is 3. The van der Waals surface area contributed by atoms with Crippen molar-refractivity contribution in [2.24, 2.45) is 0 Å². The van der Waals surface area contributed by atoms with Gasteiger partial charge < -0.3 is 5.32 Å². The molecular weight excluding hydrogens is 230 g/mol. The van der Waals surface area contributed by atoms with Crippen LogP contribution in [-0.2, 0) is 17.8 Å². The standard InChI is InChI=1S/C12H17N5O/c1-7-10(6-14-15-7)5-13-12(18)4-11-8(2)16-17-9(11)3/h6H,4-5H2,1-3H3,(H,13,18)(H,14,15)(H,16,17). The highest BCUT2D eigenvalue weighted by Gasteiger charge is 2.11. The first-order valence-corrected chi connectivity index (χ1v) is 5.84. The van der Waals surface area contributed by atoms with Crippen molar-refractivity contribution in [3.05, 3.63) is 34.4 Å². The van der Waals surface area contributed by atoms with E-state index >= 15 is 0 Å². The van der Waals surface area contributed by atoms with E-state index in [-0.39, 0.29) is 5.91 Å². The highest BCUT2D eigenvalue weighted by Crippen LogP contribution is 2.10. The molecule has 96 valence electrons. The Hall–Kier alpha value is -2.11. The normalized spacial score (nSPS) is 10.6. The summed E-state index contributed by atoms with van der Waals surface area (Å²) in [6, 6.07) is 0. The van der Waals surface area contributed by atoms with E-state index in [0.29, 0.717) is 13.0 Å². The van der Waals surface area contributed by atoms with Crippen LogP contribution in [-0.4, -0.2) is 26.3 Å². The van der Waals surface area contributed by atoms with Crippen molar-refractivity contribution < 1.29 is 4.79 Å². The van der Waals surface area contributed by atoms with Crippen LogP contribution >= 0.6 is 0 Å². The van der Waals surface area contributed by atoms with Gasteiger partial charge in [0.05, 0.1) is 18.3 Å². The number of amides is 1. The maximum absolute atomic E-state index is 11.8. The first-order chi connectivity index (χ1) is 8.58. The summed E-state index contributed by atoms with van der Waals surface area (Å²) < 4.78 is 0. The Kier molecular flexibility index (Phi) is 3.45. The SMILES string of the molecule is Cc1n[nH]c(C)c1CC(=O)NCc1cn[nH]c1C. The van der Waals surface area contributed by atoms with Crippen molar-refractivity contribution in [1.29, 1.82) is 0 Å². The number of aromatic nitrogens is 4. The van der Waals surface area contributed by atoms with E-state index in [4.69, 9.17) is 0 Å². The van der Waals surface area contributed by atoms with Crippen molar-refractivity contribution in [3.8, 4) is 0 Å². The van der Waals surface area contributed by atoms with Crippen LogP contribution in [0.15, 0.2) is 6.20 Å². The number of aryl methyl sites for hydroxylation is 3. The van der Waals surface area contributed by atoms with E-state index in [1.165, 1.54) is 0 Å². The Balaban J connectivity index is 1.92. The molecule has 0 aromatic carbocycles. The molecule has 2 rings (SSSR count). The second-order valence-electron chi connectivity index (χ2n) is 4.39. The quantitative estimate of drug-likeness (QED) is 0.750. The van der Waals surface area contributed by atoms with Crippen LogP contribution in [0.2, 0.25) is 0 Å². The number of aromatic amines is 2. The Labute approximate surface area is 105 Å². The average Bonchev–Trinajstić information content (AvgIpc) is 2.87. The van der Waals surface area contributed by atoms with Gasteiger partial charge in [-0.15, -0.1) is 0 Å². The lowest BCUT2D eigenvalue weighted by atomic mass is 10.1. The van der Waals surface area contributed by atoms with Gasteiger partial charge in [-0.05, 0) is 20.8 Å². The topological polar surface area (TPSA) is 86.5 Å². The van der Waals surface area contributed by atoms with E-state index < -0.39 is 0 Å². The third kappa shape index (κ3) is 2.58. The minimum absolute atomic E-state index is 0.0109. The Morgan fingerprint density at radius 2 is 2.06 bits per heavy atom. The molecule has 1 amide bonds. The van der Waals surface area contributed by atoms with E-state index in [1.807, 2.05) is 20.8 Å². The number of carbonyl (C=O) groups excluding carboxylic acids is 1. The number of carbonyl (C=O) groups is 1. The molecule has 0 atom stereocenters. The van der Waals surface area contributed by atoms with Gasteiger partial charge in [0.2, 0.25) is 5.91 Å².